The maximum atomic E-state index is 10.3. The molecule has 0 spiro atoms. The van der Waals surface area contributed by atoms with Gasteiger partial charge in [0.05, 0.1) is 25.5 Å². The number of hydrogen-bond donors (Lipinski definition) is 3. The Bertz CT molecular complexity index is 1230. The van der Waals surface area contributed by atoms with Gasteiger partial charge in [0.25, 0.3) is 0 Å². The first-order valence-corrected chi connectivity index (χ1v) is 13.0. The van der Waals surface area contributed by atoms with Crippen molar-refractivity contribution in [3.63, 3.8) is 0 Å². The van der Waals surface area contributed by atoms with Gasteiger partial charge in [0.15, 0.2) is 0 Å². The Morgan fingerprint density at radius 3 is 2.27 bits per heavy atom. The molecule has 0 saturated carbocycles. The minimum atomic E-state index is -1.11. The van der Waals surface area contributed by atoms with Gasteiger partial charge in [-0.2, -0.15) is 0 Å². The molecule has 0 aliphatic carbocycles. The third-order valence-electron chi connectivity index (χ3n) is 6.03. The monoisotopic (exact) mass is 521 g/mol. The first kappa shape index (κ1) is 26.7. The second-order valence-electron chi connectivity index (χ2n) is 8.49. The summed E-state index contributed by atoms with van der Waals surface area (Å²) >= 11 is 1.80. The number of phenols is 1. The van der Waals surface area contributed by atoms with Gasteiger partial charge in [-0.3, -0.25) is 4.90 Å². The van der Waals surface area contributed by atoms with E-state index < -0.39 is 5.97 Å². The molecular formula is C28H31N3O5S. The summed E-state index contributed by atoms with van der Waals surface area (Å²) in [5, 5.41) is 26.1. The molecule has 0 unspecified atom stereocenters. The lowest BCUT2D eigenvalue weighted by molar-refractivity contribution is 0.0652. The van der Waals surface area contributed by atoms with E-state index in [9.17, 15) is 4.79 Å². The maximum absolute atomic E-state index is 10.3. The van der Waals surface area contributed by atoms with Gasteiger partial charge < -0.3 is 25.0 Å². The highest BCUT2D eigenvalue weighted by Crippen LogP contribution is 2.40. The van der Waals surface area contributed by atoms with Crippen molar-refractivity contribution in [1.29, 1.82) is 0 Å². The van der Waals surface area contributed by atoms with Crippen LogP contribution in [0.4, 0.5) is 5.69 Å². The highest BCUT2D eigenvalue weighted by molar-refractivity contribution is 7.99. The maximum Gasteiger partial charge on any atom is 0.339 e. The molecule has 194 valence electrons. The number of carboxylic acid groups (broad SMARTS) is 1. The number of amidine groups is 1. The summed E-state index contributed by atoms with van der Waals surface area (Å²) < 4.78 is 5.40. The topological polar surface area (TPSA) is 106 Å². The van der Waals surface area contributed by atoms with Crippen molar-refractivity contribution >= 4 is 29.3 Å². The Hall–Kier alpha value is -3.37. The first-order chi connectivity index (χ1) is 18.1. The highest BCUT2D eigenvalue weighted by Gasteiger charge is 2.25. The van der Waals surface area contributed by atoms with E-state index in [1.807, 2.05) is 0 Å². The zero-order valence-electron chi connectivity index (χ0n) is 20.5. The fraction of sp³-hybridized carbons (Fsp3) is 0.286. The summed E-state index contributed by atoms with van der Waals surface area (Å²) in [6, 6.07) is 22.8. The number of aliphatic hydroxyl groups excluding tert-OH is 1. The van der Waals surface area contributed by atoms with Gasteiger partial charge in [-0.1, -0.05) is 54.2 Å². The average molecular weight is 522 g/mol. The van der Waals surface area contributed by atoms with Crippen LogP contribution >= 0.6 is 11.8 Å². The predicted octanol–water partition coefficient (Wildman–Crippen LogP) is 3.95. The fourth-order valence-corrected chi connectivity index (χ4v) is 5.13. The van der Waals surface area contributed by atoms with Crippen LogP contribution < -0.4 is 0 Å². The van der Waals surface area contributed by atoms with Crippen molar-refractivity contribution in [2.45, 2.75) is 9.79 Å². The van der Waals surface area contributed by atoms with Crippen LogP contribution in [-0.4, -0.2) is 89.5 Å². The molecule has 3 aromatic rings. The van der Waals surface area contributed by atoms with Crippen molar-refractivity contribution < 1.29 is 24.9 Å². The summed E-state index contributed by atoms with van der Waals surface area (Å²) in [6.07, 6.45) is 0. The smallest absolute Gasteiger partial charge is 0.339 e. The molecule has 8 nitrogen and oxygen atoms in total. The number of rotatable bonds is 6. The third-order valence-corrected chi connectivity index (χ3v) is 7.17. The Morgan fingerprint density at radius 1 is 0.892 bits per heavy atom. The standard InChI is InChI=1S/C21H25N3O2S.C7H6O3/c25-14-16-26-15-13-23-9-11-24(12-10-23)21-17-5-1-3-7-19(17)27-20-8-4-2-6-18(20)22-21;8-6-4-2-1-3-5(6)7(9)10/h1-8,25H,9-16H2;1-4,8H,(H,9,10). The lowest BCUT2D eigenvalue weighted by Crippen LogP contribution is -2.49. The van der Waals surface area contributed by atoms with Crippen LogP contribution in [-0.2, 0) is 4.74 Å². The molecular weight excluding hydrogens is 490 g/mol. The average Bonchev–Trinajstić information content (AvgIpc) is 3.09. The van der Waals surface area contributed by atoms with Crippen molar-refractivity contribution in [2.75, 3.05) is 52.5 Å². The summed E-state index contributed by atoms with van der Waals surface area (Å²) in [5.41, 5.74) is 2.20. The van der Waals surface area contributed by atoms with Gasteiger partial charge in [0, 0.05) is 48.1 Å². The number of ether oxygens (including phenoxy) is 1. The zero-order chi connectivity index (χ0) is 26.0. The molecule has 1 fully saturated rings. The van der Waals surface area contributed by atoms with Gasteiger partial charge in [0.1, 0.15) is 17.1 Å². The minimum Gasteiger partial charge on any atom is -0.507 e. The van der Waals surface area contributed by atoms with E-state index in [1.165, 1.54) is 27.5 Å². The number of carboxylic acids is 1. The molecule has 2 aliphatic rings. The van der Waals surface area contributed by atoms with Crippen LogP contribution in [0.15, 0.2) is 87.6 Å². The summed E-state index contributed by atoms with van der Waals surface area (Å²) in [6.45, 7) is 6.01. The normalized spacial score (nSPS) is 14.9. The molecule has 2 heterocycles. The van der Waals surface area contributed by atoms with Crippen LogP contribution in [0.5, 0.6) is 5.75 Å². The second kappa shape index (κ2) is 13.3. The number of aliphatic imine (C=N–C) groups is 1. The van der Waals surface area contributed by atoms with Crippen LogP contribution in [0.1, 0.15) is 15.9 Å². The van der Waals surface area contributed by atoms with Crippen LogP contribution in [0.2, 0.25) is 0 Å². The molecule has 5 rings (SSSR count). The van der Waals surface area contributed by atoms with Crippen molar-refractivity contribution in [3.8, 4) is 5.75 Å². The largest absolute Gasteiger partial charge is 0.507 e. The number of para-hydroxylation sites is 2. The molecule has 9 heteroatoms. The fourth-order valence-electron chi connectivity index (χ4n) is 4.11. The van der Waals surface area contributed by atoms with Crippen LogP contribution in [0.3, 0.4) is 0 Å². The van der Waals surface area contributed by atoms with Gasteiger partial charge >= 0.3 is 5.97 Å². The summed E-state index contributed by atoms with van der Waals surface area (Å²) in [4.78, 5) is 22.6. The van der Waals surface area contributed by atoms with Crippen LogP contribution in [0.25, 0.3) is 0 Å². The molecule has 1 saturated heterocycles. The molecule has 0 bridgehead atoms. The van der Waals surface area contributed by atoms with E-state index >= 15 is 0 Å². The van der Waals surface area contributed by atoms with E-state index in [0.717, 1.165) is 44.2 Å². The summed E-state index contributed by atoms with van der Waals surface area (Å²) in [5.74, 6) is -0.229. The van der Waals surface area contributed by atoms with E-state index in [0.29, 0.717) is 13.2 Å². The van der Waals surface area contributed by atoms with Crippen molar-refractivity contribution in [3.05, 3.63) is 83.9 Å². The second-order valence-corrected chi connectivity index (χ2v) is 9.57. The molecule has 0 amide bonds. The lowest BCUT2D eigenvalue weighted by atomic mass is 10.1. The molecule has 0 radical (unpaired) electrons. The predicted molar refractivity (Wildman–Crippen MR) is 144 cm³/mol. The number of nitrogens with zero attached hydrogens (tertiary/aromatic N) is 3. The molecule has 0 atom stereocenters. The highest BCUT2D eigenvalue weighted by atomic mass is 32.2. The Labute approximate surface area is 220 Å². The zero-order valence-corrected chi connectivity index (χ0v) is 21.3. The van der Waals surface area contributed by atoms with Crippen molar-refractivity contribution in [2.24, 2.45) is 4.99 Å². The molecule has 37 heavy (non-hydrogen) atoms. The molecule has 0 aromatic heterocycles. The molecule has 3 aromatic carbocycles. The van der Waals surface area contributed by atoms with E-state index in [2.05, 4.69) is 58.3 Å². The van der Waals surface area contributed by atoms with Gasteiger partial charge in [0.2, 0.25) is 0 Å². The number of hydrogen-bond acceptors (Lipinski definition) is 8. The summed E-state index contributed by atoms with van der Waals surface area (Å²) in [7, 11) is 0. The molecule has 2 aliphatic heterocycles. The lowest BCUT2D eigenvalue weighted by Gasteiger charge is -2.36. The number of aromatic carboxylic acids is 1. The number of aromatic hydroxyl groups is 1. The number of carbonyl (C=O) groups is 1. The number of benzene rings is 3. The Kier molecular flexibility index (Phi) is 9.56. The minimum absolute atomic E-state index is 0.0671. The number of fused-ring (bicyclic) bond motifs is 2. The number of piperazine rings is 1. The molecule has 3 N–H and O–H groups in total. The van der Waals surface area contributed by atoms with Gasteiger partial charge in [-0.15, -0.1) is 0 Å². The first-order valence-electron chi connectivity index (χ1n) is 12.2. The van der Waals surface area contributed by atoms with E-state index in [-0.39, 0.29) is 17.9 Å². The van der Waals surface area contributed by atoms with Gasteiger partial charge in [-0.05, 0) is 30.3 Å². The quantitative estimate of drug-likeness (QED) is 0.419. The van der Waals surface area contributed by atoms with Crippen molar-refractivity contribution in [1.82, 2.24) is 9.80 Å². The Balaban J connectivity index is 0.000000270. The van der Waals surface area contributed by atoms with Gasteiger partial charge in [-0.25, -0.2) is 9.79 Å². The SMILES string of the molecule is O=C(O)c1ccccc1O.OCCOCCN1CCN(C2=Nc3ccccc3Sc3ccccc32)CC1. The van der Waals surface area contributed by atoms with E-state index in [1.54, 1.807) is 23.9 Å². The number of aliphatic hydroxyl groups is 1. The van der Waals surface area contributed by atoms with E-state index in [4.69, 9.17) is 25.0 Å². The Morgan fingerprint density at radius 2 is 1.57 bits per heavy atom. The van der Waals surface area contributed by atoms with Crippen LogP contribution in [0, 0.1) is 0 Å². The third kappa shape index (κ3) is 7.11.